The molecule has 0 saturated carbocycles. The highest BCUT2D eigenvalue weighted by molar-refractivity contribution is 9.10. The summed E-state index contributed by atoms with van der Waals surface area (Å²) in [7, 11) is 0. The predicted octanol–water partition coefficient (Wildman–Crippen LogP) is 4.77. The van der Waals surface area contributed by atoms with Crippen molar-refractivity contribution in [3.8, 4) is 5.75 Å². The van der Waals surface area contributed by atoms with Crippen LogP contribution in [-0.2, 0) is 9.47 Å². The van der Waals surface area contributed by atoms with Crippen molar-refractivity contribution < 1.29 is 23.4 Å². The van der Waals surface area contributed by atoms with Crippen LogP contribution in [0, 0.1) is 5.82 Å². The number of carbonyl (C=O) groups is 1. The summed E-state index contributed by atoms with van der Waals surface area (Å²) < 4.78 is 30.5. The van der Waals surface area contributed by atoms with Gasteiger partial charge in [-0.3, -0.25) is 0 Å². The normalized spacial score (nSPS) is 17.4. The van der Waals surface area contributed by atoms with Crippen LogP contribution in [0.3, 0.4) is 0 Å². The topological polar surface area (TPSA) is 48.0 Å². The molecule has 0 bridgehead atoms. The van der Waals surface area contributed by atoms with Gasteiger partial charge in [0.25, 0.3) is 0 Å². The van der Waals surface area contributed by atoms with Gasteiger partial charge in [-0.25, -0.2) is 9.18 Å². The largest absolute Gasteiger partial charge is 0.493 e. The molecule has 0 aliphatic carbocycles. The molecule has 146 valence electrons. The lowest BCUT2D eigenvalue weighted by atomic mass is 10.2. The zero-order valence-corrected chi connectivity index (χ0v) is 17.2. The minimum atomic E-state index is -0.491. The minimum absolute atomic E-state index is 0.0614. The molecule has 0 aromatic heterocycles. The van der Waals surface area contributed by atoms with Gasteiger partial charge >= 0.3 is 6.09 Å². The number of hydrogen-bond donors (Lipinski definition) is 0. The van der Waals surface area contributed by atoms with E-state index in [4.69, 9.17) is 14.2 Å². The molecule has 0 unspecified atom stereocenters. The number of ether oxygens (including phenoxy) is 3. The quantitative estimate of drug-likeness (QED) is 0.583. The first kappa shape index (κ1) is 21.0. The minimum Gasteiger partial charge on any atom is -0.493 e. The number of benzene rings is 1. The fourth-order valence-electron chi connectivity index (χ4n) is 2.71. The Hall–Kier alpha value is -1.34. The second-order valence-electron chi connectivity index (χ2n) is 7.32. The highest BCUT2D eigenvalue weighted by atomic mass is 79.9. The van der Waals surface area contributed by atoms with Gasteiger partial charge in [-0.2, -0.15) is 0 Å². The van der Waals surface area contributed by atoms with Gasteiger partial charge in [-0.05, 0) is 61.7 Å². The van der Waals surface area contributed by atoms with E-state index < -0.39 is 5.60 Å². The molecule has 0 radical (unpaired) electrons. The zero-order valence-electron chi connectivity index (χ0n) is 15.6. The van der Waals surface area contributed by atoms with Gasteiger partial charge in [0.15, 0.2) is 0 Å². The SMILES string of the molecule is CC(C)(C)OC(=O)N1CCC[C@H]1COCCCOc1ccc(Br)c(F)c1. The maximum atomic E-state index is 13.4. The maximum absolute atomic E-state index is 13.4. The number of rotatable bonds is 7. The summed E-state index contributed by atoms with van der Waals surface area (Å²) in [5.41, 5.74) is -0.491. The average Bonchev–Trinajstić information content (AvgIpc) is 3.01. The molecule has 5 nitrogen and oxygen atoms in total. The highest BCUT2D eigenvalue weighted by Crippen LogP contribution is 2.22. The molecule has 1 amide bonds. The number of hydrogen-bond acceptors (Lipinski definition) is 4. The van der Waals surface area contributed by atoms with Crippen molar-refractivity contribution in [1.29, 1.82) is 0 Å². The van der Waals surface area contributed by atoms with Crippen LogP contribution in [0.1, 0.15) is 40.0 Å². The van der Waals surface area contributed by atoms with Crippen LogP contribution in [0.25, 0.3) is 0 Å². The smallest absolute Gasteiger partial charge is 0.410 e. The molecule has 1 aromatic rings. The van der Waals surface area contributed by atoms with E-state index in [9.17, 15) is 9.18 Å². The van der Waals surface area contributed by atoms with Crippen LogP contribution < -0.4 is 4.74 Å². The van der Waals surface area contributed by atoms with Crippen molar-refractivity contribution in [3.63, 3.8) is 0 Å². The van der Waals surface area contributed by atoms with Crippen LogP contribution in [0.15, 0.2) is 22.7 Å². The first-order chi connectivity index (χ1) is 12.3. The third kappa shape index (κ3) is 6.76. The monoisotopic (exact) mass is 431 g/mol. The zero-order chi connectivity index (χ0) is 19.2. The fraction of sp³-hybridized carbons (Fsp3) is 0.632. The molecule has 0 N–H and O–H groups in total. The maximum Gasteiger partial charge on any atom is 0.410 e. The van der Waals surface area contributed by atoms with E-state index in [1.54, 1.807) is 17.0 Å². The lowest BCUT2D eigenvalue weighted by Crippen LogP contribution is -2.41. The fourth-order valence-corrected chi connectivity index (χ4v) is 2.95. The Bertz CT molecular complexity index is 606. The van der Waals surface area contributed by atoms with Gasteiger partial charge in [0.2, 0.25) is 0 Å². The Morgan fingerprint density at radius 2 is 2.12 bits per heavy atom. The van der Waals surface area contributed by atoms with Crippen LogP contribution in [0.5, 0.6) is 5.75 Å². The van der Waals surface area contributed by atoms with E-state index in [0.717, 1.165) is 12.8 Å². The Morgan fingerprint density at radius 1 is 1.35 bits per heavy atom. The summed E-state index contributed by atoms with van der Waals surface area (Å²) >= 11 is 3.11. The number of nitrogens with zero attached hydrogens (tertiary/aromatic N) is 1. The van der Waals surface area contributed by atoms with E-state index in [1.165, 1.54) is 6.07 Å². The summed E-state index contributed by atoms with van der Waals surface area (Å²) in [6.45, 7) is 7.77. The van der Waals surface area contributed by atoms with Gasteiger partial charge in [0.05, 0.1) is 23.7 Å². The van der Waals surface area contributed by atoms with E-state index >= 15 is 0 Å². The third-order valence-corrected chi connectivity index (χ3v) is 4.55. The summed E-state index contributed by atoms with van der Waals surface area (Å²) in [6.07, 6.45) is 2.31. The van der Waals surface area contributed by atoms with Crippen molar-refractivity contribution in [2.24, 2.45) is 0 Å². The molecule has 0 spiro atoms. The molecule has 1 heterocycles. The average molecular weight is 432 g/mol. The van der Waals surface area contributed by atoms with Gasteiger partial charge in [-0.15, -0.1) is 0 Å². The van der Waals surface area contributed by atoms with Crippen LogP contribution in [0.2, 0.25) is 0 Å². The Labute approximate surface area is 162 Å². The first-order valence-electron chi connectivity index (χ1n) is 8.91. The number of amides is 1. The van der Waals surface area contributed by atoms with Crippen LogP contribution >= 0.6 is 15.9 Å². The van der Waals surface area contributed by atoms with Crippen molar-refractivity contribution in [3.05, 3.63) is 28.5 Å². The predicted molar refractivity (Wildman–Crippen MR) is 101 cm³/mol. The van der Waals surface area contributed by atoms with Crippen molar-refractivity contribution in [1.82, 2.24) is 4.90 Å². The number of carbonyl (C=O) groups excluding carboxylic acids is 1. The van der Waals surface area contributed by atoms with E-state index in [2.05, 4.69) is 15.9 Å². The van der Waals surface area contributed by atoms with E-state index in [1.807, 2.05) is 20.8 Å². The standard InChI is InChI=1S/C19H27BrFNO4/c1-19(2,3)26-18(23)22-9-4-6-14(22)13-24-10-5-11-25-15-7-8-16(20)17(21)12-15/h7-8,12,14H,4-6,9-11,13H2,1-3H3/t14-/m0/s1. The summed E-state index contributed by atoms with van der Waals surface area (Å²) in [4.78, 5) is 14.0. The van der Waals surface area contributed by atoms with Crippen molar-refractivity contribution in [2.75, 3.05) is 26.4 Å². The third-order valence-electron chi connectivity index (χ3n) is 3.91. The number of halogens is 2. The van der Waals surface area contributed by atoms with Crippen molar-refractivity contribution in [2.45, 2.75) is 51.7 Å². The molecule has 1 aromatic carbocycles. The molecule has 1 aliphatic heterocycles. The summed E-state index contributed by atoms with van der Waals surface area (Å²) in [5, 5.41) is 0. The molecule has 1 aliphatic rings. The molecule has 7 heteroatoms. The first-order valence-corrected chi connectivity index (χ1v) is 9.71. The van der Waals surface area contributed by atoms with Crippen LogP contribution in [-0.4, -0.2) is 49.0 Å². The summed E-state index contributed by atoms with van der Waals surface area (Å²) in [6, 6.07) is 4.74. The van der Waals surface area contributed by atoms with Crippen molar-refractivity contribution >= 4 is 22.0 Å². The second kappa shape index (κ2) is 9.55. The van der Waals surface area contributed by atoms with E-state index in [-0.39, 0.29) is 18.0 Å². The molecular formula is C19H27BrFNO4. The summed E-state index contributed by atoms with van der Waals surface area (Å²) in [5.74, 6) is 0.153. The van der Waals surface area contributed by atoms with Gasteiger partial charge < -0.3 is 19.1 Å². The lowest BCUT2D eigenvalue weighted by Gasteiger charge is -2.28. The second-order valence-corrected chi connectivity index (χ2v) is 8.18. The molecule has 1 fully saturated rings. The molecule has 26 heavy (non-hydrogen) atoms. The van der Waals surface area contributed by atoms with Gasteiger partial charge in [0, 0.05) is 25.6 Å². The van der Waals surface area contributed by atoms with Crippen LogP contribution in [0.4, 0.5) is 9.18 Å². The molecular weight excluding hydrogens is 405 g/mol. The molecule has 2 rings (SSSR count). The van der Waals surface area contributed by atoms with Gasteiger partial charge in [0.1, 0.15) is 17.2 Å². The van der Waals surface area contributed by atoms with Gasteiger partial charge in [-0.1, -0.05) is 0 Å². The lowest BCUT2D eigenvalue weighted by molar-refractivity contribution is 0.00977. The Kier molecular flexibility index (Phi) is 7.70. The highest BCUT2D eigenvalue weighted by Gasteiger charge is 2.32. The molecule has 1 saturated heterocycles. The molecule has 1 atom stereocenters. The Balaban J connectivity index is 1.64. The van der Waals surface area contributed by atoms with E-state index in [0.29, 0.717) is 43.0 Å². The number of likely N-dealkylation sites (tertiary alicyclic amines) is 1. The Morgan fingerprint density at radius 3 is 2.81 bits per heavy atom.